The van der Waals surface area contributed by atoms with E-state index >= 15 is 0 Å². The topological polar surface area (TPSA) is 46.1 Å². The summed E-state index contributed by atoms with van der Waals surface area (Å²) >= 11 is 0. The molecule has 2 heterocycles. The summed E-state index contributed by atoms with van der Waals surface area (Å²) in [6.45, 7) is 2.98. The molecule has 0 saturated carbocycles. The van der Waals surface area contributed by atoms with Gasteiger partial charge in [-0.2, -0.15) is 0 Å². The maximum Gasteiger partial charge on any atom is 0.243 e. The molecular formula is C10H15N3O. The molecule has 0 radical (unpaired) electrons. The van der Waals surface area contributed by atoms with Crippen molar-refractivity contribution in [2.45, 2.75) is 19.4 Å². The third-order valence-corrected chi connectivity index (χ3v) is 2.71. The Kier molecular flexibility index (Phi) is 2.54. The van der Waals surface area contributed by atoms with Gasteiger partial charge >= 0.3 is 0 Å². The fourth-order valence-electron chi connectivity index (χ4n) is 1.84. The minimum absolute atomic E-state index is 0.0948. The van der Waals surface area contributed by atoms with E-state index in [9.17, 15) is 4.79 Å². The number of amides is 1. The van der Waals surface area contributed by atoms with Crippen molar-refractivity contribution in [3.8, 4) is 0 Å². The first-order valence-corrected chi connectivity index (χ1v) is 4.94. The van der Waals surface area contributed by atoms with Gasteiger partial charge in [-0.1, -0.05) is 0 Å². The van der Waals surface area contributed by atoms with Gasteiger partial charge in [-0.15, -0.1) is 0 Å². The van der Waals surface area contributed by atoms with Gasteiger partial charge in [0.25, 0.3) is 0 Å². The second-order valence-electron chi connectivity index (χ2n) is 3.70. The highest BCUT2D eigenvalue weighted by Gasteiger charge is 2.29. The molecule has 76 valence electrons. The first-order valence-electron chi connectivity index (χ1n) is 4.94. The van der Waals surface area contributed by atoms with Crippen molar-refractivity contribution in [1.82, 2.24) is 9.99 Å². The highest BCUT2D eigenvalue weighted by molar-refractivity contribution is 5.86. The zero-order valence-corrected chi connectivity index (χ0v) is 8.23. The molecule has 2 unspecified atom stereocenters. The van der Waals surface area contributed by atoms with Crippen molar-refractivity contribution in [1.29, 1.82) is 0 Å². The molecule has 1 aromatic rings. The summed E-state index contributed by atoms with van der Waals surface area (Å²) < 4.78 is 1.69. The molecule has 2 N–H and O–H groups in total. The smallest absolute Gasteiger partial charge is 0.243 e. The fraction of sp³-hybridized carbons (Fsp3) is 0.500. The Bertz CT molecular complexity index is 307. The summed E-state index contributed by atoms with van der Waals surface area (Å²) in [5.41, 5.74) is 2.83. The fourth-order valence-corrected chi connectivity index (χ4v) is 1.84. The molecule has 1 fully saturated rings. The lowest BCUT2D eigenvalue weighted by molar-refractivity contribution is -0.120. The predicted octanol–water partition coefficient (Wildman–Crippen LogP) is 0.556. The van der Waals surface area contributed by atoms with Crippen molar-refractivity contribution in [3.63, 3.8) is 0 Å². The lowest BCUT2D eigenvalue weighted by Gasteiger charge is -2.15. The summed E-state index contributed by atoms with van der Waals surface area (Å²) in [6.07, 6.45) is 4.57. The third kappa shape index (κ3) is 1.80. The van der Waals surface area contributed by atoms with E-state index < -0.39 is 0 Å². The first kappa shape index (κ1) is 9.27. The van der Waals surface area contributed by atoms with Crippen LogP contribution in [0.15, 0.2) is 24.5 Å². The maximum atomic E-state index is 11.8. The minimum Gasteiger partial charge on any atom is -0.313 e. The van der Waals surface area contributed by atoms with Crippen molar-refractivity contribution in [2.75, 3.05) is 12.0 Å². The normalized spacial score (nSPS) is 26.4. The van der Waals surface area contributed by atoms with Crippen LogP contribution in [-0.2, 0) is 4.79 Å². The molecule has 0 bridgehead atoms. The molecule has 1 aliphatic rings. The molecule has 1 aliphatic heterocycles. The lowest BCUT2D eigenvalue weighted by atomic mass is 10.0. The van der Waals surface area contributed by atoms with Crippen LogP contribution in [0, 0.1) is 5.92 Å². The molecule has 14 heavy (non-hydrogen) atoms. The third-order valence-electron chi connectivity index (χ3n) is 2.71. The standard InChI is InChI=1S/C10H15N3O/c1-8-9(4-5-11-8)10(14)12-13-6-2-3-7-13/h2-3,6-9,11H,4-5H2,1H3,(H,12,14). The van der Waals surface area contributed by atoms with Crippen LogP contribution < -0.4 is 10.7 Å². The monoisotopic (exact) mass is 193 g/mol. The summed E-state index contributed by atoms with van der Waals surface area (Å²) in [6, 6.07) is 4.05. The van der Waals surface area contributed by atoms with Crippen molar-refractivity contribution in [3.05, 3.63) is 24.5 Å². The van der Waals surface area contributed by atoms with Gasteiger partial charge in [0, 0.05) is 18.4 Å². The van der Waals surface area contributed by atoms with Gasteiger partial charge in [-0.3, -0.25) is 14.9 Å². The number of aromatic nitrogens is 1. The quantitative estimate of drug-likeness (QED) is 0.720. The molecule has 0 aromatic carbocycles. The number of rotatable bonds is 2. The van der Waals surface area contributed by atoms with E-state index in [0.29, 0.717) is 0 Å². The minimum atomic E-state index is 0.0948. The van der Waals surface area contributed by atoms with Crippen LogP contribution >= 0.6 is 0 Å². The van der Waals surface area contributed by atoms with Gasteiger partial charge in [0.1, 0.15) is 0 Å². The number of hydrogen-bond donors (Lipinski definition) is 2. The lowest BCUT2D eigenvalue weighted by Crippen LogP contribution is -2.35. The summed E-state index contributed by atoms with van der Waals surface area (Å²) in [7, 11) is 0. The van der Waals surface area contributed by atoms with Gasteiger partial charge in [-0.25, -0.2) is 0 Å². The number of nitrogens with zero attached hydrogens (tertiary/aromatic N) is 1. The van der Waals surface area contributed by atoms with Gasteiger partial charge in [0.05, 0.1) is 5.92 Å². The Labute approximate surface area is 83.3 Å². The highest BCUT2D eigenvalue weighted by atomic mass is 16.2. The number of hydrogen-bond acceptors (Lipinski definition) is 2. The molecule has 4 nitrogen and oxygen atoms in total. The molecule has 2 atom stereocenters. The molecular weight excluding hydrogens is 178 g/mol. The van der Waals surface area contributed by atoms with E-state index in [1.165, 1.54) is 0 Å². The number of carbonyl (C=O) groups is 1. The Morgan fingerprint density at radius 2 is 2.21 bits per heavy atom. The summed E-state index contributed by atoms with van der Waals surface area (Å²) in [5, 5.41) is 3.26. The van der Waals surface area contributed by atoms with E-state index in [-0.39, 0.29) is 17.9 Å². The Morgan fingerprint density at radius 3 is 2.79 bits per heavy atom. The second kappa shape index (κ2) is 3.84. The van der Waals surface area contributed by atoms with Gasteiger partial charge in [0.2, 0.25) is 5.91 Å². The van der Waals surface area contributed by atoms with Crippen molar-refractivity contribution in [2.24, 2.45) is 5.92 Å². The van der Waals surface area contributed by atoms with Crippen LogP contribution in [0.1, 0.15) is 13.3 Å². The zero-order valence-electron chi connectivity index (χ0n) is 8.23. The number of carbonyl (C=O) groups excluding carboxylic acids is 1. The average Bonchev–Trinajstić information content (AvgIpc) is 2.75. The van der Waals surface area contributed by atoms with Crippen LogP contribution in [0.5, 0.6) is 0 Å². The van der Waals surface area contributed by atoms with Crippen molar-refractivity contribution < 1.29 is 4.79 Å². The van der Waals surface area contributed by atoms with Crippen LogP contribution in [0.2, 0.25) is 0 Å². The molecule has 1 saturated heterocycles. The zero-order chi connectivity index (χ0) is 9.97. The van der Waals surface area contributed by atoms with Crippen LogP contribution in [0.25, 0.3) is 0 Å². The van der Waals surface area contributed by atoms with Gasteiger partial charge in [-0.05, 0) is 32.0 Å². The molecule has 0 aliphatic carbocycles. The van der Waals surface area contributed by atoms with E-state index in [0.717, 1.165) is 13.0 Å². The SMILES string of the molecule is CC1NCCC1C(=O)Nn1cccc1. The van der Waals surface area contributed by atoms with E-state index in [2.05, 4.69) is 10.7 Å². The molecule has 4 heteroatoms. The average molecular weight is 193 g/mol. The molecule has 0 spiro atoms. The molecule has 2 rings (SSSR count). The molecule has 1 aromatic heterocycles. The van der Waals surface area contributed by atoms with E-state index in [4.69, 9.17) is 0 Å². The predicted molar refractivity (Wildman–Crippen MR) is 54.4 cm³/mol. The second-order valence-corrected chi connectivity index (χ2v) is 3.70. The van der Waals surface area contributed by atoms with E-state index in [1.54, 1.807) is 4.68 Å². The first-order chi connectivity index (χ1) is 6.77. The van der Waals surface area contributed by atoms with Crippen LogP contribution in [0.4, 0.5) is 0 Å². The highest BCUT2D eigenvalue weighted by Crippen LogP contribution is 2.15. The summed E-state index contributed by atoms with van der Waals surface area (Å²) in [4.78, 5) is 11.8. The van der Waals surface area contributed by atoms with Crippen LogP contribution in [0.3, 0.4) is 0 Å². The molecule has 1 amide bonds. The maximum absolute atomic E-state index is 11.8. The van der Waals surface area contributed by atoms with Gasteiger partial charge < -0.3 is 5.32 Å². The summed E-state index contributed by atoms with van der Waals surface area (Å²) in [5.74, 6) is 0.191. The largest absolute Gasteiger partial charge is 0.313 e. The van der Waals surface area contributed by atoms with E-state index in [1.807, 2.05) is 31.5 Å². The Hall–Kier alpha value is -1.29. The Balaban J connectivity index is 1.95. The van der Waals surface area contributed by atoms with Gasteiger partial charge in [0.15, 0.2) is 0 Å². The number of nitrogens with one attached hydrogen (secondary N) is 2. The van der Waals surface area contributed by atoms with Crippen LogP contribution in [-0.4, -0.2) is 23.2 Å². The van der Waals surface area contributed by atoms with Crippen molar-refractivity contribution >= 4 is 5.91 Å². The Morgan fingerprint density at radius 1 is 1.50 bits per heavy atom.